The zero-order chi connectivity index (χ0) is 12.8. The molecule has 1 aliphatic carbocycles. The minimum atomic E-state index is 0.899. The molecule has 0 atom stereocenters. The minimum Gasteiger partial charge on any atom is -0.0840 e. The van der Waals surface area contributed by atoms with Crippen LogP contribution < -0.4 is 0 Å². The zero-order valence-corrected chi connectivity index (χ0v) is 11.2. The van der Waals surface area contributed by atoms with Gasteiger partial charge in [-0.3, -0.25) is 0 Å². The second-order valence-corrected chi connectivity index (χ2v) is 5.49. The van der Waals surface area contributed by atoms with Gasteiger partial charge in [0.2, 0.25) is 0 Å². The van der Waals surface area contributed by atoms with Crippen molar-refractivity contribution in [2.24, 2.45) is 0 Å². The largest absolute Gasteiger partial charge is 0.0840 e. The molecule has 0 saturated carbocycles. The van der Waals surface area contributed by atoms with E-state index in [-0.39, 0.29) is 0 Å². The van der Waals surface area contributed by atoms with E-state index < -0.39 is 0 Å². The summed E-state index contributed by atoms with van der Waals surface area (Å²) in [6.45, 7) is 0. The highest BCUT2D eigenvalue weighted by atomic mass is 35.5. The molecule has 0 saturated heterocycles. The molecule has 0 spiro atoms. The summed E-state index contributed by atoms with van der Waals surface area (Å²) < 4.78 is 0. The Balaban J connectivity index is 2.15. The lowest BCUT2D eigenvalue weighted by atomic mass is 9.83. The summed E-state index contributed by atoms with van der Waals surface area (Å²) in [4.78, 5) is 0. The van der Waals surface area contributed by atoms with E-state index in [1.54, 1.807) is 0 Å². The van der Waals surface area contributed by atoms with Gasteiger partial charge in [-0.1, -0.05) is 60.1 Å². The van der Waals surface area contributed by atoms with Gasteiger partial charge in [0.15, 0.2) is 0 Å². The van der Waals surface area contributed by atoms with E-state index >= 15 is 0 Å². The van der Waals surface area contributed by atoms with Crippen LogP contribution in [0, 0.1) is 0 Å². The van der Waals surface area contributed by atoms with E-state index in [1.807, 2.05) is 6.07 Å². The van der Waals surface area contributed by atoms with E-state index in [2.05, 4.69) is 48.5 Å². The van der Waals surface area contributed by atoms with Gasteiger partial charge in [0.05, 0.1) is 0 Å². The van der Waals surface area contributed by atoms with Crippen molar-refractivity contribution in [1.82, 2.24) is 0 Å². The molecule has 1 heteroatoms. The standard InChI is InChI=1S/C18H13Cl/c19-17-7-3-6-16-15(17)11-10-13-9-8-12-4-1-2-5-14(12)18(13)16/h1-9H,10-11H2. The van der Waals surface area contributed by atoms with E-state index in [9.17, 15) is 0 Å². The molecule has 0 amide bonds. The summed E-state index contributed by atoms with van der Waals surface area (Å²) in [5.74, 6) is 0. The van der Waals surface area contributed by atoms with Crippen LogP contribution in [-0.2, 0) is 12.8 Å². The molecule has 92 valence electrons. The fourth-order valence-corrected chi connectivity index (χ4v) is 3.42. The molecular weight excluding hydrogens is 252 g/mol. The first-order chi connectivity index (χ1) is 9.34. The first kappa shape index (κ1) is 11.1. The van der Waals surface area contributed by atoms with Crippen LogP contribution in [0.2, 0.25) is 5.02 Å². The van der Waals surface area contributed by atoms with E-state index in [1.165, 1.54) is 33.0 Å². The van der Waals surface area contributed by atoms with Gasteiger partial charge in [0.1, 0.15) is 0 Å². The number of benzene rings is 3. The third-order valence-electron chi connectivity index (χ3n) is 4.05. The SMILES string of the molecule is Clc1cccc2c1CCc1ccc3ccccc3c1-2. The highest BCUT2D eigenvalue weighted by Crippen LogP contribution is 2.40. The second kappa shape index (κ2) is 4.11. The third kappa shape index (κ3) is 1.60. The summed E-state index contributed by atoms with van der Waals surface area (Å²) >= 11 is 6.36. The van der Waals surface area contributed by atoms with Crippen LogP contribution in [0.15, 0.2) is 54.6 Å². The molecular formula is C18H13Cl. The summed E-state index contributed by atoms with van der Waals surface area (Å²) in [5, 5.41) is 3.54. The van der Waals surface area contributed by atoms with E-state index in [0.29, 0.717) is 0 Å². The molecule has 0 fully saturated rings. The Morgan fingerprint density at radius 2 is 1.68 bits per heavy atom. The molecule has 0 bridgehead atoms. The van der Waals surface area contributed by atoms with Gasteiger partial charge in [-0.25, -0.2) is 0 Å². The van der Waals surface area contributed by atoms with Gasteiger partial charge in [-0.2, -0.15) is 0 Å². The molecule has 0 radical (unpaired) electrons. The fourth-order valence-electron chi connectivity index (χ4n) is 3.15. The summed E-state index contributed by atoms with van der Waals surface area (Å²) in [5.41, 5.74) is 5.42. The molecule has 0 nitrogen and oxygen atoms in total. The van der Waals surface area contributed by atoms with Crippen molar-refractivity contribution in [3.8, 4) is 11.1 Å². The smallest absolute Gasteiger partial charge is 0.0444 e. The fraction of sp³-hybridized carbons (Fsp3) is 0.111. The van der Waals surface area contributed by atoms with E-state index in [0.717, 1.165) is 17.9 Å². The predicted octanol–water partition coefficient (Wildman–Crippen LogP) is 5.26. The van der Waals surface area contributed by atoms with Gasteiger partial charge in [-0.05, 0) is 51.9 Å². The van der Waals surface area contributed by atoms with Crippen LogP contribution in [0.5, 0.6) is 0 Å². The topological polar surface area (TPSA) is 0 Å². The molecule has 4 rings (SSSR count). The van der Waals surface area contributed by atoms with Crippen molar-refractivity contribution in [1.29, 1.82) is 0 Å². The molecule has 0 unspecified atom stereocenters. The van der Waals surface area contributed by atoms with Crippen LogP contribution in [0.25, 0.3) is 21.9 Å². The molecule has 3 aromatic carbocycles. The average molecular weight is 265 g/mol. The molecule has 0 heterocycles. The lowest BCUT2D eigenvalue weighted by Gasteiger charge is -2.22. The number of aryl methyl sites for hydroxylation is 1. The van der Waals surface area contributed by atoms with Crippen LogP contribution in [-0.4, -0.2) is 0 Å². The first-order valence-corrected chi connectivity index (χ1v) is 7.01. The highest BCUT2D eigenvalue weighted by molar-refractivity contribution is 6.32. The number of hydrogen-bond acceptors (Lipinski definition) is 0. The minimum absolute atomic E-state index is 0.899. The maximum atomic E-state index is 6.36. The Labute approximate surface area is 117 Å². The Bertz CT molecular complexity index is 787. The van der Waals surface area contributed by atoms with Crippen molar-refractivity contribution in [2.45, 2.75) is 12.8 Å². The lowest BCUT2D eigenvalue weighted by Crippen LogP contribution is -2.05. The van der Waals surface area contributed by atoms with Crippen LogP contribution >= 0.6 is 11.6 Å². The monoisotopic (exact) mass is 264 g/mol. The second-order valence-electron chi connectivity index (χ2n) is 5.09. The van der Waals surface area contributed by atoms with Crippen molar-refractivity contribution in [3.05, 3.63) is 70.7 Å². The summed E-state index contributed by atoms with van der Waals surface area (Å²) in [7, 11) is 0. The number of halogens is 1. The van der Waals surface area contributed by atoms with Crippen molar-refractivity contribution in [2.75, 3.05) is 0 Å². The van der Waals surface area contributed by atoms with Crippen LogP contribution in [0.1, 0.15) is 11.1 Å². The van der Waals surface area contributed by atoms with Crippen molar-refractivity contribution >= 4 is 22.4 Å². The number of rotatable bonds is 0. The van der Waals surface area contributed by atoms with Crippen molar-refractivity contribution < 1.29 is 0 Å². The molecule has 3 aromatic rings. The van der Waals surface area contributed by atoms with Gasteiger partial charge < -0.3 is 0 Å². The summed E-state index contributed by atoms with van der Waals surface area (Å²) in [6.07, 6.45) is 2.12. The molecule has 0 N–H and O–H groups in total. The third-order valence-corrected chi connectivity index (χ3v) is 4.40. The van der Waals surface area contributed by atoms with Crippen LogP contribution in [0.3, 0.4) is 0 Å². The van der Waals surface area contributed by atoms with Gasteiger partial charge in [-0.15, -0.1) is 0 Å². The number of fused-ring (bicyclic) bond motifs is 5. The molecule has 1 aliphatic rings. The summed E-state index contributed by atoms with van der Waals surface area (Å²) in [6, 6.07) is 19.3. The Hall–Kier alpha value is -1.79. The van der Waals surface area contributed by atoms with Crippen LogP contribution in [0.4, 0.5) is 0 Å². The Kier molecular flexibility index (Phi) is 2.39. The zero-order valence-electron chi connectivity index (χ0n) is 10.5. The first-order valence-electron chi connectivity index (χ1n) is 6.63. The highest BCUT2D eigenvalue weighted by Gasteiger charge is 2.19. The Morgan fingerprint density at radius 3 is 2.63 bits per heavy atom. The lowest BCUT2D eigenvalue weighted by molar-refractivity contribution is 0.945. The van der Waals surface area contributed by atoms with Gasteiger partial charge in [0, 0.05) is 5.02 Å². The normalized spacial score (nSPS) is 13.1. The van der Waals surface area contributed by atoms with E-state index in [4.69, 9.17) is 11.6 Å². The Morgan fingerprint density at radius 1 is 0.789 bits per heavy atom. The molecule has 0 aliphatic heterocycles. The van der Waals surface area contributed by atoms with Gasteiger partial charge >= 0.3 is 0 Å². The maximum absolute atomic E-state index is 6.36. The van der Waals surface area contributed by atoms with Crippen molar-refractivity contribution in [3.63, 3.8) is 0 Å². The predicted molar refractivity (Wildman–Crippen MR) is 81.8 cm³/mol. The molecule has 19 heavy (non-hydrogen) atoms. The molecule has 0 aromatic heterocycles. The van der Waals surface area contributed by atoms with Gasteiger partial charge in [0.25, 0.3) is 0 Å². The maximum Gasteiger partial charge on any atom is 0.0444 e. The average Bonchev–Trinajstić information content (AvgIpc) is 2.47. The number of hydrogen-bond donors (Lipinski definition) is 0. The quantitative estimate of drug-likeness (QED) is 0.520.